The second kappa shape index (κ2) is 9.18. The molecule has 13 heteroatoms. The Morgan fingerprint density at radius 2 is 1.79 bits per heavy atom. The third-order valence-corrected chi connectivity index (χ3v) is 7.14. The largest absolute Gasteiger partial charge is 0.394 e. The lowest BCUT2D eigenvalue weighted by molar-refractivity contribution is -0.256. The van der Waals surface area contributed by atoms with Crippen molar-refractivity contribution in [3.05, 3.63) is 24.3 Å². The van der Waals surface area contributed by atoms with E-state index in [1.807, 2.05) is 43.3 Å². The number of carbonyl (C=O) groups is 1. The number of amides is 1. The van der Waals surface area contributed by atoms with E-state index in [0.717, 1.165) is 11.3 Å². The fraction of sp³-hybridized carbons (Fsp3) is 0.500. The molecular weight excluding hydrogens is 470 g/mol. The van der Waals surface area contributed by atoms with Crippen LogP contribution in [0.4, 0.5) is 10.8 Å². The smallest absolute Gasteiger partial charge is 0.257 e. The summed E-state index contributed by atoms with van der Waals surface area (Å²) in [5.41, 5.74) is 1.86. The molecule has 0 spiro atoms. The number of anilines is 2. The first-order valence-corrected chi connectivity index (χ1v) is 11.5. The first-order chi connectivity index (χ1) is 15.6. The van der Waals surface area contributed by atoms with Crippen LogP contribution in [0.1, 0.15) is 6.92 Å². The van der Waals surface area contributed by atoms with Crippen LogP contribution in [0.2, 0.25) is 0 Å². The number of ether oxygens (including phenoxy) is 1. The Hall–Kier alpha value is -2.26. The number of carbonyl (C=O) groups excluding carboxylic acids is 1. The van der Waals surface area contributed by atoms with Crippen LogP contribution in [0.5, 0.6) is 0 Å². The van der Waals surface area contributed by atoms with Gasteiger partial charge in [-0.2, -0.15) is 0 Å². The first kappa shape index (κ1) is 23.9. The number of nitrogens with zero attached hydrogens (tertiary/aromatic N) is 5. The number of hydrogen-bond donors (Lipinski definition) is 4. The second-order valence-electron chi connectivity index (χ2n) is 8.09. The van der Waals surface area contributed by atoms with Crippen molar-refractivity contribution < 1.29 is 30.0 Å². The molecule has 1 aromatic carbocycles. The van der Waals surface area contributed by atoms with Crippen LogP contribution in [-0.4, -0.2) is 104 Å². The monoisotopic (exact) mass is 495 g/mol. The summed E-state index contributed by atoms with van der Waals surface area (Å²) < 4.78 is 5.61. The van der Waals surface area contributed by atoms with Gasteiger partial charge in [0.2, 0.25) is 5.13 Å². The van der Waals surface area contributed by atoms with Gasteiger partial charge in [-0.3, -0.25) is 4.79 Å². The van der Waals surface area contributed by atoms with Gasteiger partial charge in [0.15, 0.2) is 11.3 Å². The number of aliphatic hydroxyl groups is 4. The molecule has 4 N–H and O–H groups in total. The molecular formula is C20H25N5O6S2. The summed E-state index contributed by atoms with van der Waals surface area (Å²) >= 11 is 6.70. The number of rotatable bonds is 5. The van der Waals surface area contributed by atoms with Crippen molar-refractivity contribution in [2.24, 2.45) is 0 Å². The summed E-state index contributed by atoms with van der Waals surface area (Å²) in [5, 5.41) is 49.4. The Kier molecular flexibility index (Phi) is 6.64. The van der Waals surface area contributed by atoms with Crippen molar-refractivity contribution in [2.45, 2.75) is 43.6 Å². The van der Waals surface area contributed by atoms with Crippen molar-refractivity contribution in [3.63, 3.8) is 0 Å². The predicted molar refractivity (Wildman–Crippen MR) is 125 cm³/mol. The van der Waals surface area contributed by atoms with E-state index in [1.165, 1.54) is 21.1 Å². The van der Waals surface area contributed by atoms with Crippen molar-refractivity contribution in [1.82, 2.24) is 15.1 Å². The first-order valence-electron chi connectivity index (χ1n) is 10.2. The normalized spacial score (nSPS) is 30.3. The Bertz CT molecular complexity index is 1030. The van der Waals surface area contributed by atoms with Gasteiger partial charge in [-0.15, -0.1) is 10.2 Å². The minimum atomic E-state index is -1.58. The van der Waals surface area contributed by atoms with Gasteiger partial charge in [-0.1, -0.05) is 11.3 Å². The minimum absolute atomic E-state index is 0.0162. The zero-order chi connectivity index (χ0) is 24.0. The van der Waals surface area contributed by atoms with Crippen LogP contribution in [-0.2, 0) is 9.53 Å². The van der Waals surface area contributed by atoms with Gasteiger partial charge in [0.25, 0.3) is 5.91 Å². The highest BCUT2D eigenvalue weighted by molar-refractivity contribution is 7.80. The molecule has 1 unspecified atom stereocenters. The lowest BCUT2D eigenvalue weighted by Crippen LogP contribution is -2.64. The maximum Gasteiger partial charge on any atom is 0.257 e. The van der Waals surface area contributed by atoms with E-state index in [-0.39, 0.29) is 10.2 Å². The van der Waals surface area contributed by atoms with E-state index >= 15 is 0 Å². The fourth-order valence-corrected chi connectivity index (χ4v) is 5.18. The molecule has 2 fully saturated rings. The molecule has 2 saturated heterocycles. The molecule has 3 heterocycles. The predicted octanol–water partition coefficient (Wildman–Crippen LogP) is -0.607. The fourth-order valence-electron chi connectivity index (χ4n) is 3.82. The standard InChI is InChI=1S/C20H25N5O6S2/c1-9-17(30)25(19-22-21-16(33-19)10-4-6-11(7-5-10)23(2)3)20(32)24(9)18-15(29)14(28)13(27)12(8-26)31-18/h4-7,9,12-15,18,26-29H,8H2,1-3H3/t9?,12-,13-,14+,15-,18-/m1/s1. The summed E-state index contributed by atoms with van der Waals surface area (Å²) in [4.78, 5) is 17.6. The Morgan fingerprint density at radius 1 is 1.12 bits per heavy atom. The minimum Gasteiger partial charge on any atom is -0.394 e. The number of aromatic nitrogens is 2. The second-order valence-corrected chi connectivity index (χ2v) is 9.41. The van der Waals surface area contributed by atoms with E-state index in [0.29, 0.717) is 5.01 Å². The molecule has 33 heavy (non-hydrogen) atoms. The Morgan fingerprint density at radius 3 is 2.39 bits per heavy atom. The zero-order valence-corrected chi connectivity index (χ0v) is 19.8. The van der Waals surface area contributed by atoms with Crippen molar-refractivity contribution in [3.8, 4) is 10.6 Å². The van der Waals surface area contributed by atoms with Crippen LogP contribution in [0, 0.1) is 0 Å². The molecule has 0 radical (unpaired) electrons. The third kappa shape index (κ3) is 4.10. The number of benzene rings is 1. The highest BCUT2D eigenvalue weighted by Crippen LogP contribution is 2.35. The summed E-state index contributed by atoms with van der Waals surface area (Å²) in [7, 11) is 3.89. The number of thiocarbonyl (C=S) groups is 1. The van der Waals surface area contributed by atoms with Crippen LogP contribution in [0.3, 0.4) is 0 Å². The van der Waals surface area contributed by atoms with Gasteiger partial charge in [0.1, 0.15) is 35.5 Å². The lowest BCUT2D eigenvalue weighted by Gasteiger charge is -2.44. The topological polar surface area (TPSA) is 143 Å². The van der Waals surface area contributed by atoms with Gasteiger partial charge in [0, 0.05) is 25.3 Å². The average Bonchev–Trinajstić information content (AvgIpc) is 3.36. The summed E-state index contributed by atoms with van der Waals surface area (Å²) in [6, 6.07) is 6.88. The van der Waals surface area contributed by atoms with Crippen LogP contribution in [0.25, 0.3) is 10.6 Å². The molecule has 178 valence electrons. The highest BCUT2D eigenvalue weighted by atomic mass is 32.1. The van der Waals surface area contributed by atoms with Crippen LogP contribution in [0.15, 0.2) is 24.3 Å². The van der Waals surface area contributed by atoms with E-state index in [2.05, 4.69) is 10.2 Å². The summed E-state index contributed by atoms with van der Waals surface area (Å²) in [6.45, 7) is 0.998. The van der Waals surface area contributed by atoms with Gasteiger partial charge >= 0.3 is 0 Å². The Labute approximate surface area is 199 Å². The maximum absolute atomic E-state index is 13.1. The van der Waals surface area contributed by atoms with Gasteiger partial charge in [0.05, 0.1) is 6.61 Å². The average molecular weight is 496 g/mol. The van der Waals surface area contributed by atoms with E-state index < -0.39 is 49.2 Å². The van der Waals surface area contributed by atoms with Crippen molar-refractivity contribution in [1.29, 1.82) is 0 Å². The van der Waals surface area contributed by atoms with E-state index in [1.54, 1.807) is 6.92 Å². The quantitative estimate of drug-likeness (QED) is 0.395. The van der Waals surface area contributed by atoms with Gasteiger partial charge in [-0.25, -0.2) is 4.90 Å². The number of hydrogen-bond acceptors (Lipinski definition) is 11. The highest BCUT2D eigenvalue weighted by Gasteiger charge is 2.53. The molecule has 0 saturated carbocycles. The Balaban J connectivity index is 1.59. The molecule has 2 aliphatic rings. The summed E-state index contributed by atoms with van der Waals surface area (Å²) in [5.74, 6) is -0.400. The molecule has 0 bridgehead atoms. The third-order valence-electron chi connectivity index (χ3n) is 5.78. The van der Waals surface area contributed by atoms with Crippen LogP contribution >= 0.6 is 23.6 Å². The molecule has 1 amide bonds. The zero-order valence-electron chi connectivity index (χ0n) is 18.1. The van der Waals surface area contributed by atoms with E-state index in [9.17, 15) is 25.2 Å². The van der Waals surface area contributed by atoms with Crippen molar-refractivity contribution in [2.75, 3.05) is 30.5 Å². The molecule has 0 aliphatic carbocycles. The SMILES string of the molecule is CC1C(=O)N(c2nnc(-c3ccc(N(C)C)cc3)s2)C(=S)N1[C@@H]1O[C@H](CO)[C@@H](O)[C@H](O)[C@H]1O. The molecule has 2 aromatic rings. The van der Waals surface area contributed by atoms with E-state index in [4.69, 9.17) is 17.0 Å². The lowest BCUT2D eigenvalue weighted by atomic mass is 9.97. The molecule has 4 rings (SSSR count). The molecule has 6 atom stereocenters. The van der Waals surface area contributed by atoms with Crippen molar-refractivity contribution >= 4 is 45.4 Å². The van der Waals surface area contributed by atoms with Gasteiger partial charge < -0.3 is 35.0 Å². The maximum atomic E-state index is 13.1. The molecule has 1 aromatic heterocycles. The van der Waals surface area contributed by atoms with Crippen LogP contribution < -0.4 is 9.80 Å². The summed E-state index contributed by atoms with van der Waals surface area (Å²) in [6.07, 6.45) is -7.02. The molecule has 2 aliphatic heterocycles. The number of aliphatic hydroxyl groups excluding tert-OH is 4. The molecule has 11 nitrogen and oxygen atoms in total. The van der Waals surface area contributed by atoms with Gasteiger partial charge in [-0.05, 0) is 43.4 Å².